The Hall–Kier alpha value is -0.120. The number of nitrogens with two attached hydrogens (primary N) is 1. The summed E-state index contributed by atoms with van der Waals surface area (Å²) in [5.41, 5.74) is 5.25. The van der Waals surface area contributed by atoms with E-state index in [0.717, 1.165) is 19.8 Å². The maximum absolute atomic E-state index is 5.25. The molecular weight excluding hydrogens is 188 g/mol. The molecule has 1 fully saturated rings. The van der Waals surface area contributed by atoms with Gasteiger partial charge in [-0.3, -0.25) is 0 Å². The van der Waals surface area contributed by atoms with E-state index in [9.17, 15) is 0 Å². The highest BCUT2D eigenvalue weighted by Gasteiger charge is 2.14. The molecule has 0 saturated carbocycles. The summed E-state index contributed by atoms with van der Waals surface area (Å²) in [5.74, 6) is 0.671. The zero-order chi connectivity index (χ0) is 12.1. The van der Waals surface area contributed by atoms with Crippen molar-refractivity contribution < 1.29 is 4.74 Å². The summed E-state index contributed by atoms with van der Waals surface area (Å²) in [4.78, 5) is 2.21. The summed E-state index contributed by atoms with van der Waals surface area (Å²) < 4.78 is 4.85. The quantitative estimate of drug-likeness (QED) is 0.784. The fraction of sp³-hybridized carbons (Fsp3) is 1.00. The molecule has 3 heteroatoms. The second-order valence-corrected chi connectivity index (χ2v) is 3.80. The predicted octanol–water partition coefficient (Wildman–Crippen LogP) is 1.97. The van der Waals surface area contributed by atoms with Crippen LogP contribution >= 0.6 is 0 Å². The van der Waals surface area contributed by atoms with Crippen molar-refractivity contribution in [1.82, 2.24) is 4.90 Å². The van der Waals surface area contributed by atoms with Gasteiger partial charge in [0.1, 0.15) is 0 Å². The normalized spacial score (nSPS) is 14.6. The monoisotopic (exact) mass is 218 g/mol. The van der Waals surface area contributed by atoms with Crippen LogP contribution in [0.15, 0.2) is 0 Å². The van der Waals surface area contributed by atoms with E-state index in [2.05, 4.69) is 25.9 Å². The van der Waals surface area contributed by atoms with Gasteiger partial charge in [-0.25, -0.2) is 0 Å². The first-order chi connectivity index (χ1) is 7.20. The molecule has 0 aromatic rings. The van der Waals surface area contributed by atoms with E-state index in [1.54, 1.807) is 0 Å². The molecule has 3 nitrogen and oxygen atoms in total. The molecule has 1 rings (SSSR count). The molecule has 0 radical (unpaired) electrons. The standard InChI is InChI=1S/C6H15N.C4H9NO.C2H6/c1-4-5-6-7(2)3;5-1-4-2-6-3-4;1-2/h4-6H2,1-3H3;4H,1-3,5H2;1-2H3. The minimum Gasteiger partial charge on any atom is -0.381 e. The number of hydrogen-bond donors (Lipinski definition) is 1. The molecule has 0 unspecified atom stereocenters. The first-order valence-electron chi connectivity index (χ1n) is 6.13. The molecule has 1 aliphatic rings. The average Bonchev–Trinajstić information content (AvgIpc) is 2.17. The van der Waals surface area contributed by atoms with Gasteiger partial charge in [0.2, 0.25) is 0 Å². The molecular formula is C12H30N2O. The number of unbranched alkanes of at least 4 members (excludes halogenated alkanes) is 1. The summed E-state index contributed by atoms with van der Waals surface area (Å²) in [6, 6.07) is 0. The van der Waals surface area contributed by atoms with Crippen molar-refractivity contribution in [2.24, 2.45) is 11.7 Å². The lowest BCUT2D eigenvalue weighted by molar-refractivity contribution is -0.0268. The third kappa shape index (κ3) is 13.9. The fourth-order valence-corrected chi connectivity index (χ4v) is 0.895. The zero-order valence-electron chi connectivity index (χ0n) is 11.3. The van der Waals surface area contributed by atoms with E-state index >= 15 is 0 Å². The molecule has 0 aliphatic carbocycles. The van der Waals surface area contributed by atoms with Crippen molar-refractivity contribution in [3.05, 3.63) is 0 Å². The lowest BCUT2D eigenvalue weighted by atomic mass is 10.1. The van der Waals surface area contributed by atoms with Crippen LogP contribution in [0, 0.1) is 5.92 Å². The highest BCUT2D eigenvalue weighted by atomic mass is 16.5. The minimum atomic E-state index is 0.671. The number of hydrogen-bond acceptors (Lipinski definition) is 3. The van der Waals surface area contributed by atoms with Crippen LogP contribution in [0.5, 0.6) is 0 Å². The lowest BCUT2D eigenvalue weighted by Crippen LogP contribution is -2.33. The smallest absolute Gasteiger partial charge is 0.0528 e. The Kier molecular flexibility index (Phi) is 16.0. The molecule has 1 heterocycles. The molecule has 1 saturated heterocycles. The largest absolute Gasteiger partial charge is 0.381 e. The molecule has 2 N–H and O–H groups in total. The Labute approximate surface area is 96.0 Å². The van der Waals surface area contributed by atoms with Gasteiger partial charge in [0.05, 0.1) is 13.2 Å². The Balaban J connectivity index is 0. The van der Waals surface area contributed by atoms with Gasteiger partial charge in [0, 0.05) is 5.92 Å². The minimum absolute atomic E-state index is 0.671. The summed E-state index contributed by atoms with van der Waals surface area (Å²) in [7, 11) is 4.21. The van der Waals surface area contributed by atoms with Crippen LogP contribution in [-0.2, 0) is 4.74 Å². The number of ether oxygens (including phenoxy) is 1. The van der Waals surface area contributed by atoms with E-state index in [1.165, 1.54) is 19.4 Å². The second kappa shape index (κ2) is 13.9. The van der Waals surface area contributed by atoms with Gasteiger partial charge in [0.25, 0.3) is 0 Å². The molecule has 94 valence electrons. The highest BCUT2D eigenvalue weighted by Crippen LogP contribution is 2.05. The van der Waals surface area contributed by atoms with Crippen molar-refractivity contribution in [3.8, 4) is 0 Å². The topological polar surface area (TPSA) is 38.5 Å². The lowest BCUT2D eigenvalue weighted by Gasteiger charge is -2.23. The van der Waals surface area contributed by atoms with E-state index < -0.39 is 0 Å². The molecule has 0 spiro atoms. The molecule has 15 heavy (non-hydrogen) atoms. The number of rotatable bonds is 4. The van der Waals surface area contributed by atoms with Crippen LogP contribution in [0.25, 0.3) is 0 Å². The maximum atomic E-state index is 5.25. The van der Waals surface area contributed by atoms with Crippen molar-refractivity contribution in [2.45, 2.75) is 33.6 Å². The first kappa shape index (κ1) is 17.3. The van der Waals surface area contributed by atoms with Gasteiger partial charge >= 0.3 is 0 Å². The summed E-state index contributed by atoms with van der Waals surface area (Å²) in [6.45, 7) is 10.0. The van der Waals surface area contributed by atoms with Gasteiger partial charge in [0.15, 0.2) is 0 Å². The zero-order valence-corrected chi connectivity index (χ0v) is 11.3. The Morgan fingerprint density at radius 3 is 1.87 bits per heavy atom. The van der Waals surface area contributed by atoms with Crippen LogP contribution in [0.4, 0.5) is 0 Å². The van der Waals surface area contributed by atoms with Crippen molar-refractivity contribution in [3.63, 3.8) is 0 Å². The highest BCUT2D eigenvalue weighted by molar-refractivity contribution is 4.64. The SMILES string of the molecule is CC.CCCCN(C)C.NCC1COC1. The van der Waals surface area contributed by atoms with Crippen LogP contribution < -0.4 is 5.73 Å². The van der Waals surface area contributed by atoms with Gasteiger partial charge in [-0.1, -0.05) is 27.2 Å². The van der Waals surface area contributed by atoms with E-state index in [-0.39, 0.29) is 0 Å². The fourth-order valence-electron chi connectivity index (χ4n) is 0.895. The molecule has 0 bridgehead atoms. The Morgan fingerprint density at radius 2 is 1.80 bits per heavy atom. The predicted molar refractivity (Wildman–Crippen MR) is 68.2 cm³/mol. The molecule has 0 atom stereocenters. The molecule has 0 aromatic carbocycles. The van der Waals surface area contributed by atoms with E-state index in [1.807, 2.05) is 13.8 Å². The molecule has 1 aliphatic heterocycles. The third-order valence-electron chi connectivity index (χ3n) is 2.00. The van der Waals surface area contributed by atoms with Crippen molar-refractivity contribution in [1.29, 1.82) is 0 Å². The van der Waals surface area contributed by atoms with Crippen LogP contribution in [0.2, 0.25) is 0 Å². The van der Waals surface area contributed by atoms with Crippen molar-refractivity contribution in [2.75, 3.05) is 40.4 Å². The van der Waals surface area contributed by atoms with Crippen LogP contribution in [0.3, 0.4) is 0 Å². The third-order valence-corrected chi connectivity index (χ3v) is 2.00. The Morgan fingerprint density at radius 1 is 1.27 bits per heavy atom. The van der Waals surface area contributed by atoms with Gasteiger partial charge < -0.3 is 15.4 Å². The summed E-state index contributed by atoms with van der Waals surface area (Å²) >= 11 is 0. The average molecular weight is 218 g/mol. The van der Waals surface area contributed by atoms with E-state index in [0.29, 0.717) is 5.92 Å². The Bertz CT molecular complexity index is 101. The van der Waals surface area contributed by atoms with Crippen LogP contribution in [-0.4, -0.2) is 45.3 Å². The van der Waals surface area contributed by atoms with E-state index in [4.69, 9.17) is 10.5 Å². The molecule has 0 aromatic heterocycles. The van der Waals surface area contributed by atoms with Gasteiger partial charge in [-0.15, -0.1) is 0 Å². The summed E-state index contributed by atoms with van der Waals surface area (Å²) in [5, 5.41) is 0. The molecule has 0 amide bonds. The van der Waals surface area contributed by atoms with Gasteiger partial charge in [-0.05, 0) is 33.6 Å². The summed E-state index contributed by atoms with van der Waals surface area (Å²) in [6.07, 6.45) is 2.63. The first-order valence-corrected chi connectivity index (χ1v) is 6.13. The second-order valence-electron chi connectivity index (χ2n) is 3.80. The maximum Gasteiger partial charge on any atom is 0.0528 e. The van der Waals surface area contributed by atoms with Crippen LogP contribution in [0.1, 0.15) is 33.6 Å². The van der Waals surface area contributed by atoms with Crippen molar-refractivity contribution >= 4 is 0 Å². The number of nitrogens with zero attached hydrogens (tertiary/aromatic N) is 1. The van der Waals surface area contributed by atoms with Gasteiger partial charge in [-0.2, -0.15) is 0 Å².